The lowest BCUT2D eigenvalue weighted by atomic mass is 9.92. The number of aliphatic carboxylic acids is 1. The zero-order valence-corrected chi connectivity index (χ0v) is 21.5. The number of pyridine rings is 1. The molecule has 3 aliphatic heterocycles. The standard InChI is InChI=1S/C29H38FN3O4/c30-22-7-9-24(26-5-1-2-15-37-26)25(18-22)27(29(34)35)33-14-10-20(19-33)11-16-36-17-12-23-8-6-21-4-3-13-31-28(21)32-23/h6-9,18,20,26-27H,1-5,10-17,19H2,(H,31,32)(H,34,35)/t20-,26-,27-/m0/s1. The molecule has 200 valence electrons. The minimum atomic E-state index is -0.938. The van der Waals surface area contributed by atoms with E-state index in [1.165, 1.54) is 17.7 Å². The van der Waals surface area contributed by atoms with E-state index in [4.69, 9.17) is 14.5 Å². The van der Waals surface area contributed by atoms with Crippen LogP contribution in [0.5, 0.6) is 0 Å². The third-order valence-corrected chi connectivity index (χ3v) is 7.91. The molecule has 0 saturated carbocycles. The maximum atomic E-state index is 14.3. The molecule has 0 unspecified atom stereocenters. The number of carbonyl (C=O) groups is 1. The van der Waals surface area contributed by atoms with Crippen molar-refractivity contribution in [2.75, 3.05) is 44.8 Å². The normalized spacial score (nSPS) is 22.8. The van der Waals surface area contributed by atoms with Gasteiger partial charge in [0, 0.05) is 38.4 Å². The van der Waals surface area contributed by atoms with Gasteiger partial charge in [-0.25, -0.2) is 9.37 Å². The zero-order valence-electron chi connectivity index (χ0n) is 21.5. The highest BCUT2D eigenvalue weighted by Crippen LogP contribution is 2.37. The van der Waals surface area contributed by atoms with Gasteiger partial charge in [0.05, 0.1) is 12.7 Å². The van der Waals surface area contributed by atoms with Crippen molar-refractivity contribution in [3.63, 3.8) is 0 Å². The van der Waals surface area contributed by atoms with Gasteiger partial charge in [-0.1, -0.05) is 12.1 Å². The van der Waals surface area contributed by atoms with Crippen molar-refractivity contribution in [2.45, 2.75) is 63.5 Å². The minimum Gasteiger partial charge on any atom is -0.480 e. The highest BCUT2D eigenvalue weighted by Gasteiger charge is 2.36. The van der Waals surface area contributed by atoms with Crippen molar-refractivity contribution in [3.05, 3.63) is 58.5 Å². The lowest BCUT2D eigenvalue weighted by Crippen LogP contribution is -2.34. The summed E-state index contributed by atoms with van der Waals surface area (Å²) >= 11 is 0. The van der Waals surface area contributed by atoms with Crippen molar-refractivity contribution < 1.29 is 23.8 Å². The molecule has 0 spiro atoms. The van der Waals surface area contributed by atoms with Crippen LogP contribution < -0.4 is 5.32 Å². The molecule has 37 heavy (non-hydrogen) atoms. The van der Waals surface area contributed by atoms with Gasteiger partial charge in [0.2, 0.25) is 0 Å². The average Bonchev–Trinajstić information content (AvgIpc) is 3.37. The van der Waals surface area contributed by atoms with Crippen molar-refractivity contribution in [3.8, 4) is 0 Å². The summed E-state index contributed by atoms with van der Waals surface area (Å²) < 4.78 is 26.1. The predicted octanol–water partition coefficient (Wildman–Crippen LogP) is 4.92. The molecule has 4 heterocycles. The maximum absolute atomic E-state index is 14.3. The number of anilines is 1. The predicted molar refractivity (Wildman–Crippen MR) is 139 cm³/mol. The van der Waals surface area contributed by atoms with E-state index in [-0.39, 0.29) is 6.10 Å². The number of likely N-dealkylation sites (tertiary alicyclic amines) is 1. The van der Waals surface area contributed by atoms with Crippen LogP contribution in [-0.4, -0.2) is 60.4 Å². The number of nitrogens with zero attached hydrogens (tertiary/aromatic N) is 2. The molecule has 0 bridgehead atoms. The second-order valence-corrected chi connectivity index (χ2v) is 10.5. The first-order chi connectivity index (χ1) is 18.1. The van der Waals surface area contributed by atoms with Gasteiger partial charge in [-0.05, 0) is 92.3 Å². The molecule has 3 aliphatic rings. The van der Waals surface area contributed by atoms with Crippen molar-refractivity contribution in [1.82, 2.24) is 9.88 Å². The quantitative estimate of drug-likeness (QED) is 0.438. The number of rotatable bonds is 10. The third-order valence-electron chi connectivity index (χ3n) is 7.91. The lowest BCUT2D eigenvalue weighted by Gasteiger charge is -2.30. The van der Waals surface area contributed by atoms with Gasteiger partial charge in [0.1, 0.15) is 17.7 Å². The van der Waals surface area contributed by atoms with Crippen LogP contribution >= 0.6 is 0 Å². The second-order valence-electron chi connectivity index (χ2n) is 10.5. The van der Waals surface area contributed by atoms with Crippen molar-refractivity contribution in [1.29, 1.82) is 0 Å². The van der Waals surface area contributed by atoms with E-state index in [0.29, 0.717) is 44.4 Å². The molecular weight excluding hydrogens is 473 g/mol. The third kappa shape index (κ3) is 6.48. The average molecular weight is 512 g/mol. The Balaban J connectivity index is 1.13. The number of benzene rings is 1. The molecule has 7 nitrogen and oxygen atoms in total. The fraction of sp³-hybridized carbons (Fsp3) is 0.586. The maximum Gasteiger partial charge on any atom is 0.325 e. The Bertz CT molecular complexity index is 1080. The van der Waals surface area contributed by atoms with E-state index in [0.717, 1.165) is 75.0 Å². The highest BCUT2D eigenvalue weighted by molar-refractivity contribution is 5.76. The van der Waals surface area contributed by atoms with E-state index in [1.54, 1.807) is 6.07 Å². The Labute approximate surface area is 218 Å². The number of fused-ring (bicyclic) bond motifs is 1. The smallest absolute Gasteiger partial charge is 0.325 e. The van der Waals surface area contributed by atoms with Gasteiger partial charge in [-0.2, -0.15) is 0 Å². The Morgan fingerprint density at radius 1 is 1.22 bits per heavy atom. The lowest BCUT2D eigenvalue weighted by molar-refractivity contribution is -0.143. The topological polar surface area (TPSA) is 83.9 Å². The first kappa shape index (κ1) is 26.1. The van der Waals surface area contributed by atoms with Crippen molar-refractivity contribution >= 4 is 11.8 Å². The van der Waals surface area contributed by atoms with Crippen LogP contribution in [0.3, 0.4) is 0 Å². The molecule has 2 saturated heterocycles. The summed E-state index contributed by atoms with van der Waals surface area (Å²) in [5, 5.41) is 13.5. The van der Waals surface area contributed by atoms with Gasteiger partial charge < -0.3 is 19.9 Å². The summed E-state index contributed by atoms with van der Waals surface area (Å²) in [5.74, 6) is 0.0240. The molecule has 2 aromatic rings. The van der Waals surface area contributed by atoms with E-state index in [2.05, 4.69) is 17.4 Å². The largest absolute Gasteiger partial charge is 0.480 e. The van der Waals surface area contributed by atoms with Gasteiger partial charge in [-0.15, -0.1) is 0 Å². The fourth-order valence-corrected chi connectivity index (χ4v) is 5.92. The van der Waals surface area contributed by atoms with E-state index in [1.807, 2.05) is 4.90 Å². The molecule has 0 aliphatic carbocycles. The highest BCUT2D eigenvalue weighted by atomic mass is 19.1. The molecule has 8 heteroatoms. The summed E-state index contributed by atoms with van der Waals surface area (Å²) in [4.78, 5) is 19.1. The van der Waals surface area contributed by atoms with E-state index < -0.39 is 17.8 Å². The molecule has 1 aromatic heterocycles. The molecule has 0 radical (unpaired) electrons. The number of hydrogen-bond donors (Lipinski definition) is 2. The SMILES string of the molecule is O=C(O)[C@H](c1cc(F)ccc1[C@@H]1CCCCO1)N1CC[C@@H](CCOCCc2ccc3c(n2)NCCC3)C1. The van der Waals surface area contributed by atoms with Crippen LogP contribution in [0.2, 0.25) is 0 Å². The van der Waals surface area contributed by atoms with Crippen LogP contribution in [0.25, 0.3) is 0 Å². The Morgan fingerprint density at radius 2 is 2.14 bits per heavy atom. The van der Waals surface area contributed by atoms with Gasteiger partial charge in [0.25, 0.3) is 0 Å². The van der Waals surface area contributed by atoms with Gasteiger partial charge in [0.15, 0.2) is 0 Å². The van der Waals surface area contributed by atoms with Crippen LogP contribution in [0.1, 0.15) is 73.1 Å². The number of aryl methyl sites for hydroxylation is 1. The Morgan fingerprint density at radius 3 is 2.97 bits per heavy atom. The van der Waals surface area contributed by atoms with Crippen LogP contribution in [0.15, 0.2) is 30.3 Å². The number of carboxylic acid groups (broad SMARTS) is 1. The Hall–Kier alpha value is -2.55. The number of nitrogens with one attached hydrogen (secondary N) is 1. The number of hydrogen-bond acceptors (Lipinski definition) is 6. The number of halogens is 1. The summed E-state index contributed by atoms with van der Waals surface area (Å²) in [6.07, 6.45) is 7.51. The van der Waals surface area contributed by atoms with Gasteiger partial charge >= 0.3 is 5.97 Å². The van der Waals surface area contributed by atoms with Gasteiger partial charge in [-0.3, -0.25) is 9.69 Å². The first-order valence-corrected chi connectivity index (χ1v) is 13.8. The van der Waals surface area contributed by atoms with Crippen LogP contribution in [-0.2, 0) is 27.1 Å². The van der Waals surface area contributed by atoms with Crippen LogP contribution in [0, 0.1) is 11.7 Å². The minimum absolute atomic E-state index is 0.168. The monoisotopic (exact) mass is 511 g/mol. The zero-order chi connectivity index (χ0) is 25.6. The molecule has 3 atom stereocenters. The summed E-state index contributed by atoms with van der Waals surface area (Å²) in [5.41, 5.74) is 3.67. The molecule has 0 amide bonds. The number of carboxylic acids is 1. The summed E-state index contributed by atoms with van der Waals surface area (Å²) in [6.45, 7) is 4.24. The molecule has 5 rings (SSSR count). The molecular formula is C29H38FN3O4. The summed E-state index contributed by atoms with van der Waals surface area (Å²) in [7, 11) is 0. The molecule has 1 aromatic carbocycles. The molecule has 2 N–H and O–H groups in total. The van der Waals surface area contributed by atoms with E-state index >= 15 is 0 Å². The molecule has 2 fully saturated rings. The number of aromatic nitrogens is 1. The first-order valence-electron chi connectivity index (χ1n) is 13.8. The summed E-state index contributed by atoms with van der Waals surface area (Å²) in [6, 6.07) is 7.91. The Kier molecular flexibility index (Phi) is 8.69. The van der Waals surface area contributed by atoms with E-state index in [9.17, 15) is 14.3 Å². The van der Waals surface area contributed by atoms with Crippen molar-refractivity contribution in [2.24, 2.45) is 5.92 Å². The number of ether oxygens (including phenoxy) is 2. The van der Waals surface area contributed by atoms with Crippen LogP contribution in [0.4, 0.5) is 10.2 Å². The fourth-order valence-electron chi connectivity index (χ4n) is 5.92. The second kappa shape index (κ2) is 12.3.